The predicted molar refractivity (Wildman–Crippen MR) is 92.1 cm³/mol. The van der Waals surface area contributed by atoms with Gasteiger partial charge in [0.25, 0.3) is 0 Å². The van der Waals surface area contributed by atoms with Crippen LogP contribution in [0, 0.1) is 5.82 Å². The number of fused-ring (bicyclic) bond motifs is 1. The molecule has 3 heteroatoms. The Kier molecular flexibility index (Phi) is 4.04. The summed E-state index contributed by atoms with van der Waals surface area (Å²) in [6.45, 7) is 5.37. The third-order valence-corrected chi connectivity index (χ3v) is 5.07. The molecule has 0 aliphatic carbocycles. The first-order chi connectivity index (χ1) is 11.3. The van der Waals surface area contributed by atoms with Crippen LogP contribution in [0.4, 0.5) is 10.1 Å². The van der Waals surface area contributed by atoms with Crippen LogP contribution in [0.25, 0.3) is 0 Å². The number of hydrogen-bond donors (Lipinski definition) is 0. The van der Waals surface area contributed by atoms with Crippen LogP contribution >= 0.6 is 0 Å². The maximum atomic E-state index is 13.0. The van der Waals surface area contributed by atoms with Gasteiger partial charge in [-0.2, -0.15) is 0 Å². The van der Waals surface area contributed by atoms with E-state index < -0.39 is 0 Å². The van der Waals surface area contributed by atoms with Crippen molar-refractivity contribution >= 4 is 5.69 Å². The molecule has 0 spiro atoms. The second kappa shape index (κ2) is 6.32. The van der Waals surface area contributed by atoms with Gasteiger partial charge in [-0.3, -0.25) is 4.90 Å². The van der Waals surface area contributed by atoms with E-state index in [4.69, 9.17) is 0 Å². The lowest BCUT2D eigenvalue weighted by Crippen LogP contribution is -2.30. The lowest BCUT2D eigenvalue weighted by atomic mass is 9.98. The zero-order valence-corrected chi connectivity index (χ0v) is 13.5. The van der Waals surface area contributed by atoms with Crippen LogP contribution in [0.2, 0.25) is 0 Å². The molecule has 120 valence electrons. The lowest BCUT2D eigenvalue weighted by Gasteiger charge is -2.30. The molecule has 2 aromatic carbocycles. The molecule has 1 fully saturated rings. The molecule has 2 nitrogen and oxygen atoms in total. The summed E-state index contributed by atoms with van der Waals surface area (Å²) in [6.07, 6.45) is 3.75. The molecule has 2 aliphatic rings. The van der Waals surface area contributed by atoms with Gasteiger partial charge in [0, 0.05) is 38.4 Å². The van der Waals surface area contributed by atoms with Crippen LogP contribution in [0.3, 0.4) is 0 Å². The smallest absolute Gasteiger partial charge is 0.123 e. The molecule has 0 saturated carbocycles. The van der Waals surface area contributed by atoms with Crippen molar-refractivity contribution < 1.29 is 4.39 Å². The van der Waals surface area contributed by atoms with Crippen LogP contribution in [0.5, 0.6) is 0 Å². The van der Waals surface area contributed by atoms with Crippen LogP contribution in [0.15, 0.2) is 42.5 Å². The second-order valence-corrected chi connectivity index (χ2v) is 6.73. The Labute approximate surface area is 137 Å². The molecule has 0 bridgehead atoms. The Morgan fingerprint density at radius 1 is 0.870 bits per heavy atom. The van der Waals surface area contributed by atoms with Gasteiger partial charge in [0.1, 0.15) is 5.82 Å². The van der Waals surface area contributed by atoms with Crippen LogP contribution in [0.1, 0.15) is 29.5 Å². The molecule has 2 heterocycles. The normalized spacial score (nSPS) is 18.2. The summed E-state index contributed by atoms with van der Waals surface area (Å²) in [6, 6.07) is 13.9. The Morgan fingerprint density at radius 3 is 2.43 bits per heavy atom. The van der Waals surface area contributed by atoms with Crippen LogP contribution in [-0.4, -0.2) is 24.5 Å². The van der Waals surface area contributed by atoms with Gasteiger partial charge in [-0.15, -0.1) is 0 Å². The first-order valence-corrected chi connectivity index (χ1v) is 8.61. The summed E-state index contributed by atoms with van der Waals surface area (Å²) < 4.78 is 13.0. The number of rotatable bonds is 3. The number of benzene rings is 2. The highest BCUT2D eigenvalue weighted by atomic mass is 19.1. The van der Waals surface area contributed by atoms with Gasteiger partial charge in [-0.05, 0) is 60.2 Å². The van der Waals surface area contributed by atoms with Crippen molar-refractivity contribution in [3.05, 3.63) is 65.0 Å². The Balaban J connectivity index is 1.45. The molecule has 2 aromatic rings. The summed E-state index contributed by atoms with van der Waals surface area (Å²) in [5.41, 5.74) is 5.53. The van der Waals surface area contributed by atoms with E-state index >= 15 is 0 Å². The van der Waals surface area contributed by atoms with Crippen molar-refractivity contribution in [3.8, 4) is 0 Å². The fourth-order valence-corrected chi connectivity index (χ4v) is 3.75. The maximum absolute atomic E-state index is 13.0. The van der Waals surface area contributed by atoms with E-state index in [1.54, 1.807) is 12.1 Å². The molecule has 0 radical (unpaired) electrons. The van der Waals surface area contributed by atoms with Crippen molar-refractivity contribution in [2.75, 3.05) is 24.5 Å². The molecule has 1 saturated heterocycles. The topological polar surface area (TPSA) is 6.48 Å². The number of hydrogen-bond acceptors (Lipinski definition) is 2. The zero-order chi connectivity index (χ0) is 15.6. The highest BCUT2D eigenvalue weighted by molar-refractivity contribution is 5.52. The minimum absolute atomic E-state index is 0.160. The monoisotopic (exact) mass is 310 g/mol. The molecule has 0 atom stereocenters. The Morgan fingerprint density at radius 2 is 1.65 bits per heavy atom. The van der Waals surface area contributed by atoms with Gasteiger partial charge in [-0.25, -0.2) is 4.39 Å². The van der Waals surface area contributed by atoms with Crippen molar-refractivity contribution in [3.63, 3.8) is 0 Å². The third-order valence-electron chi connectivity index (χ3n) is 5.07. The van der Waals surface area contributed by atoms with E-state index in [0.717, 1.165) is 26.1 Å². The van der Waals surface area contributed by atoms with Gasteiger partial charge in [-0.1, -0.05) is 18.2 Å². The standard InChI is InChI=1S/C20H23FN2/c21-19-6-3-16(4-7-19)14-22-12-9-17-13-20(8-5-18(17)15-22)23-10-1-2-11-23/h3-8,13H,1-2,9-12,14-15H2. The number of halogens is 1. The summed E-state index contributed by atoms with van der Waals surface area (Å²) >= 11 is 0. The van der Waals surface area contributed by atoms with Crippen molar-refractivity contribution in [2.24, 2.45) is 0 Å². The molecule has 0 unspecified atom stereocenters. The fourth-order valence-electron chi connectivity index (χ4n) is 3.75. The number of anilines is 1. The minimum Gasteiger partial charge on any atom is -0.372 e. The summed E-state index contributed by atoms with van der Waals surface area (Å²) in [5.74, 6) is -0.160. The highest BCUT2D eigenvalue weighted by Gasteiger charge is 2.19. The second-order valence-electron chi connectivity index (χ2n) is 6.73. The largest absolute Gasteiger partial charge is 0.372 e. The molecule has 0 N–H and O–H groups in total. The molecule has 0 amide bonds. The van der Waals surface area contributed by atoms with Crippen molar-refractivity contribution in [2.45, 2.75) is 32.4 Å². The minimum atomic E-state index is -0.160. The first kappa shape index (κ1) is 14.7. The van der Waals surface area contributed by atoms with E-state index in [2.05, 4.69) is 28.0 Å². The van der Waals surface area contributed by atoms with E-state index in [0.29, 0.717) is 0 Å². The van der Waals surface area contributed by atoms with Crippen molar-refractivity contribution in [1.82, 2.24) is 4.90 Å². The SMILES string of the molecule is Fc1ccc(CN2CCc3cc(N4CCCC4)ccc3C2)cc1. The molecule has 2 aliphatic heterocycles. The van der Waals surface area contributed by atoms with Crippen LogP contribution < -0.4 is 4.90 Å². The summed E-state index contributed by atoms with van der Waals surface area (Å²) in [7, 11) is 0. The third kappa shape index (κ3) is 3.25. The van der Waals surface area contributed by atoms with E-state index in [-0.39, 0.29) is 5.82 Å². The quantitative estimate of drug-likeness (QED) is 0.846. The number of nitrogens with zero attached hydrogens (tertiary/aromatic N) is 2. The van der Waals surface area contributed by atoms with Gasteiger partial charge < -0.3 is 4.90 Å². The maximum Gasteiger partial charge on any atom is 0.123 e. The van der Waals surface area contributed by atoms with E-state index in [1.165, 1.54) is 48.3 Å². The Hall–Kier alpha value is -1.87. The van der Waals surface area contributed by atoms with E-state index in [9.17, 15) is 4.39 Å². The van der Waals surface area contributed by atoms with Crippen LogP contribution in [-0.2, 0) is 19.5 Å². The average Bonchev–Trinajstić information content (AvgIpc) is 3.11. The Bertz CT molecular complexity index is 675. The van der Waals surface area contributed by atoms with Gasteiger partial charge >= 0.3 is 0 Å². The summed E-state index contributed by atoms with van der Waals surface area (Å²) in [5, 5.41) is 0. The lowest BCUT2D eigenvalue weighted by molar-refractivity contribution is 0.245. The van der Waals surface area contributed by atoms with Crippen molar-refractivity contribution in [1.29, 1.82) is 0 Å². The molecule has 23 heavy (non-hydrogen) atoms. The predicted octanol–water partition coefficient (Wildman–Crippen LogP) is 3.98. The van der Waals surface area contributed by atoms with E-state index in [1.807, 2.05) is 12.1 Å². The highest BCUT2D eigenvalue weighted by Crippen LogP contribution is 2.27. The molecule has 4 rings (SSSR count). The average molecular weight is 310 g/mol. The molecule has 0 aromatic heterocycles. The van der Waals surface area contributed by atoms with Gasteiger partial charge in [0.2, 0.25) is 0 Å². The van der Waals surface area contributed by atoms with Gasteiger partial charge in [0.05, 0.1) is 0 Å². The van der Waals surface area contributed by atoms with Gasteiger partial charge in [0.15, 0.2) is 0 Å². The zero-order valence-electron chi connectivity index (χ0n) is 13.5. The molecular formula is C20H23FN2. The fraction of sp³-hybridized carbons (Fsp3) is 0.400. The molecular weight excluding hydrogens is 287 g/mol. The summed E-state index contributed by atoms with van der Waals surface area (Å²) in [4.78, 5) is 4.95. The first-order valence-electron chi connectivity index (χ1n) is 8.61.